The van der Waals surface area contributed by atoms with Crippen molar-refractivity contribution >= 4 is 15.9 Å². The Labute approximate surface area is 121 Å². The zero-order chi connectivity index (χ0) is 13.2. The van der Waals surface area contributed by atoms with Crippen molar-refractivity contribution in [3.05, 3.63) is 40.3 Å². The first-order valence-electron chi connectivity index (χ1n) is 6.74. The predicted octanol–water partition coefficient (Wildman–Crippen LogP) is 3.18. The average Bonchev–Trinajstić information content (AvgIpc) is 2.79. The third-order valence-electron chi connectivity index (χ3n) is 3.63. The summed E-state index contributed by atoms with van der Waals surface area (Å²) >= 11 is 3.51. The lowest BCUT2D eigenvalue weighted by Crippen LogP contribution is -2.13. The number of aliphatic hydroxyl groups is 1. The van der Waals surface area contributed by atoms with Crippen LogP contribution in [-0.2, 0) is 19.4 Å². The van der Waals surface area contributed by atoms with Crippen LogP contribution in [0.15, 0.2) is 28.7 Å². The van der Waals surface area contributed by atoms with Gasteiger partial charge < -0.3 is 9.67 Å². The lowest BCUT2D eigenvalue weighted by atomic mass is 10.1. The molecule has 0 amide bonds. The number of hydrogen-bond acceptors (Lipinski definition) is 2. The normalized spacial score (nSPS) is 14.4. The molecule has 0 radical (unpaired) electrons. The van der Waals surface area contributed by atoms with Gasteiger partial charge in [-0.05, 0) is 25.0 Å². The number of halogens is 1. The molecule has 1 aliphatic heterocycles. The molecule has 2 aromatic rings. The summed E-state index contributed by atoms with van der Waals surface area (Å²) in [6.45, 7) is 1.21. The zero-order valence-corrected chi connectivity index (χ0v) is 12.4. The molecule has 1 N–H and O–H groups in total. The quantitative estimate of drug-likeness (QED) is 0.943. The van der Waals surface area contributed by atoms with Crippen molar-refractivity contribution in [3.63, 3.8) is 0 Å². The number of aliphatic hydroxyl groups excluding tert-OH is 1. The molecule has 100 valence electrons. The molecule has 0 saturated heterocycles. The maximum Gasteiger partial charge on any atom is 0.109 e. The van der Waals surface area contributed by atoms with Crippen molar-refractivity contribution in [2.75, 3.05) is 6.61 Å². The molecule has 0 atom stereocenters. The summed E-state index contributed by atoms with van der Waals surface area (Å²) in [5.74, 6) is 1.17. The largest absolute Gasteiger partial charge is 0.396 e. The number of rotatable bonds is 3. The summed E-state index contributed by atoms with van der Waals surface area (Å²) in [4.78, 5) is 4.81. The lowest BCUT2D eigenvalue weighted by Gasteiger charge is -2.16. The summed E-state index contributed by atoms with van der Waals surface area (Å²) in [6, 6.07) is 8.22. The van der Waals surface area contributed by atoms with Gasteiger partial charge in [0.2, 0.25) is 0 Å². The summed E-state index contributed by atoms with van der Waals surface area (Å²) in [7, 11) is 0. The van der Waals surface area contributed by atoms with E-state index in [0.29, 0.717) is 6.42 Å². The Kier molecular flexibility index (Phi) is 3.71. The Hall–Kier alpha value is -1.13. The number of aryl methyl sites for hydroxylation is 1. The molecular formula is C15H17BrN2O. The van der Waals surface area contributed by atoms with E-state index in [2.05, 4.69) is 32.6 Å². The first-order valence-corrected chi connectivity index (χ1v) is 7.54. The topological polar surface area (TPSA) is 38.1 Å². The van der Waals surface area contributed by atoms with Crippen molar-refractivity contribution in [2.45, 2.75) is 32.2 Å². The molecule has 0 bridgehead atoms. The molecule has 4 heteroatoms. The Bertz CT molecular complexity index is 592. The second-order valence-corrected chi connectivity index (χ2v) is 5.83. The smallest absolute Gasteiger partial charge is 0.109 e. The van der Waals surface area contributed by atoms with Gasteiger partial charge in [0, 0.05) is 41.7 Å². The fraction of sp³-hybridized carbons (Fsp3) is 0.400. The van der Waals surface area contributed by atoms with Gasteiger partial charge in [-0.3, -0.25) is 0 Å². The monoisotopic (exact) mass is 320 g/mol. The molecule has 3 rings (SSSR count). The lowest BCUT2D eigenvalue weighted by molar-refractivity contribution is 0.295. The Morgan fingerprint density at radius 3 is 3.00 bits per heavy atom. The molecule has 0 unspecified atom stereocenters. The van der Waals surface area contributed by atoms with Crippen molar-refractivity contribution in [3.8, 4) is 11.3 Å². The van der Waals surface area contributed by atoms with Crippen LogP contribution < -0.4 is 0 Å². The van der Waals surface area contributed by atoms with Crippen LogP contribution in [0.2, 0.25) is 0 Å². The van der Waals surface area contributed by atoms with Crippen LogP contribution in [0.5, 0.6) is 0 Å². The number of aromatic nitrogens is 2. The van der Waals surface area contributed by atoms with E-state index < -0.39 is 0 Å². The molecule has 1 aromatic carbocycles. The van der Waals surface area contributed by atoms with Gasteiger partial charge in [-0.2, -0.15) is 0 Å². The first-order chi connectivity index (χ1) is 9.29. The van der Waals surface area contributed by atoms with Gasteiger partial charge in [0.25, 0.3) is 0 Å². The molecule has 0 saturated carbocycles. The molecule has 0 spiro atoms. The number of fused-ring (bicyclic) bond motifs is 1. The SMILES string of the molecule is OCCc1c(-c2cccc(Br)c2)nc2n1CCCC2. The van der Waals surface area contributed by atoms with Crippen LogP contribution in [0, 0.1) is 0 Å². The molecular weight excluding hydrogens is 304 g/mol. The number of nitrogens with zero attached hydrogens (tertiary/aromatic N) is 2. The van der Waals surface area contributed by atoms with Crippen LogP contribution in [0.3, 0.4) is 0 Å². The van der Waals surface area contributed by atoms with Gasteiger partial charge >= 0.3 is 0 Å². The van der Waals surface area contributed by atoms with Crippen LogP contribution in [0.4, 0.5) is 0 Å². The van der Waals surface area contributed by atoms with Gasteiger partial charge in [-0.1, -0.05) is 28.1 Å². The highest BCUT2D eigenvalue weighted by Crippen LogP contribution is 2.29. The summed E-state index contributed by atoms with van der Waals surface area (Å²) in [5.41, 5.74) is 3.34. The van der Waals surface area contributed by atoms with Gasteiger partial charge in [0.15, 0.2) is 0 Å². The molecule has 1 aliphatic rings. The minimum atomic E-state index is 0.173. The standard InChI is InChI=1S/C15H17BrN2O/c16-12-5-3-4-11(10-12)15-13(7-9-19)18-8-2-1-6-14(18)17-15/h3-5,10,19H,1-2,6-9H2. The third-order valence-corrected chi connectivity index (χ3v) is 4.12. The summed E-state index contributed by atoms with van der Waals surface area (Å²) in [6.07, 6.45) is 4.15. The van der Waals surface area contributed by atoms with Gasteiger partial charge in [-0.15, -0.1) is 0 Å². The molecule has 19 heavy (non-hydrogen) atoms. The zero-order valence-electron chi connectivity index (χ0n) is 10.8. The maximum atomic E-state index is 9.32. The fourth-order valence-electron chi connectivity index (χ4n) is 2.77. The molecule has 0 aliphatic carbocycles. The van der Waals surface area contributed by atoms with E-state index in [0.717, 1.165) is 28.7 Å². The fourth-order valence-corrected chi connectivity index (χ4v) is 3.17. The maximum absolute atomic E-state index is 9.32. The molecule has 2 heterocycles. The minimum Gasteiger partial charge on any atom is -0.396 e. The van der Waals surface area contributed by atoms with E-state index in [4.69, 9.17) is 4.98 Å². The Morgan fingerprint density at radius 1 is 1.32 bits per heavy atom. The highest BCUT2D eigenvalue weighted by atomic mass is 79.9. The van der Waals surface area contributed by atoms with Crippen molar-refractivity contribution < 1.29 is 5.11 Å². The number of benzene rings is 1. The van der Waals surface area contributed by atoms with Crippen molar-refractivity contribution in [1.29, 1.82) is 0 Å². The van der Waals surface area contributed by atoms with E-state index in [1.807, 2.05) is 12.1 Å². The highest BCUT2D eigenvalue weighted by Gasteiger charge is 2.20. The highest BCUT2D eigenvalue weighted by molar-refractivity contribution is 9.10. The molecule has 3 nitrogen and oxygen atoms in total. The Balaban J connectivity index is 2.12. The van der Waals surface area contributed by atoms with Crippen molar-refractivity contribution in [1.82, 2.24) is 9.55 Å². The number of imidazole rings is 1. The van der Waals surface area contributed by atoms with Gasteiger partial charge in [0.05, 0.1) is 5.69 Å². The van der Waals surface area contributed by atoms with Crippen molar-refractivity contribution in [2.24, 2.45) is 0 Å². The first kappa shape index (κ1) is 12.9. The second kappa shape index (κ2) is 5.47. The minimum absolute atomic E-state index is 0.173. The van der Waals surface area contributed by atoms with Gasteiger partial charge in [-0.25, -0.2) is 4.98 Å². The van der Waals surface area contributed by atoms with Crippen LogP contribution in [0.25, 0.3) is 11.3 Å². The number of hydrogen-bond donors (Lipinski definition) is 1. The summed E-state index contributed by atoms with van der Waals surface area (Å²) in [5, 5.41) is 9.32. The van der Waals surface area contributed by atoms with Crippen LogP contribution in [-0.4, -0.2) is 21.3 Å². The van der Waals surface area contributed by atoms with E-state index in [9.17, 15) is 5.11 Å². The summed E-state index contributed by atoms with van der Waals surface area (Å²) < 4.78 is 3.36. The van der Waals surface area contributed by atoms with E-state index in [1.54, 1.807) is 0 Å². The Morgan fingerprint density at radius 2 is 2.21 bits per heavy atom. The average molecular weight is 321 g/mol. The van der Waals surface area contributed by atoms with Crippen LogP contribution in [0.1, 0.15) is 24.4 Å². The van der Waals surface area contributed by atoms with E-state index in [1.165, 1.54) is 24.4 Å². The van der Waals surface area contributed by atoms with E-state index in [-0.39, 0.29) is 6.61 Å². The predicted molar refractivity (Wildman–Crippen MR) is 79.1 cm³/mol. The third kappa shape index (κ3) is 2.47. The molecule has 1 aromatic heterocycles. The van der Waals surface area contributed by atoms with Gasteiger partial charge in [0.1, 0.15) is 5.82 Å². The van der Waals surface area contributed by atoms with E-state index >= 15 is 0 Å². The van der Waals surface area contributed by atoms with Crippen LogP contribution >= 0.6 is 15.9 Å². The molecule has 0 fully saturated rings. The second-order valence-electron chi connectivity index (χ2n) is 4.92.